The quantitative estimate of drug-likeness (QED) is 0.146. The molecule has 342 valence electrons. The lowest BCUT2D eigenvalue weighted by Gasteiger charge is -2.59. The minimum Gasteiger partial charge on any atom is -0.463 e. The average Bonchev–Trinajstić information content (AvgIpc) is 3.84. The monoisotopic (exact) mass is 817 g/mol. The molecule has 6 saturated carbocycles. The molecule has 2 aliphatic heterocycles. The lowest BCUT2D eigenvalue weighted by molar-refractivity contribution is -0.206. The van der Waals surface area contributed by atoms with E-state index in [-0.39, 0.29) is 101 Å². The maximum absolute atomic E-state index is 12.1. The molecule has 6 bridgehead atoms. The van der Waals surface area contributed by atoms with Gasteiger partial charge >= 0.3 is 29.8 Å². The maximum atomic E-state index is 12.1. The van der Waals surface area contributed by atoms with Crippen molar-refractivity contribution in [3.05, 3.63) is 0 Å². The molecule has 8 aliphatic rings. The number of carbonyl (C=O) groups is 5. The van der Waals surface area contributed by atoms with Crippen LogP contribution in [0.3, 0.4) is 0 Å². The third-order valence-corrected chi connectivity index (χ3v) is 13.8. The Morgan fingerprint density at radius 3 is 1.33 bits per heavy atom. The number of esters is 5. The van der Waals surface area contributed by atoms with Crippen molar-refractivity contribution < 1.29 is 42.9 Å². The van der Waals surface area contributed by atoms with E-state index in [1.165, 1.54) is 44.9 Å². The molecule has 0 amide bonds. The second-order valence-electron chi connectivity index (χ2n) is 16.8. The molecular weight excluding hydrogens is 721 g/mol. The fourth-order valence-electron chi connectivity index (χ4n) is 9.34. The molecule has 0 N–H and O–H groups in total. The Balaban J connectivity index is -0.000000209. The first-order valence-corrected chi connectivity index (χ1v) is 19.4. The van der Waals surface area contributed by atoms with Crippen LogP contribution in [-0.2, 0) is 42.9 Å². The first-order chi connectivity index (χ1) is 23.1. The minimum absolute atomic E-state index is 0. The molecule has 8 rings (SSSR count). The number of ether oxygens (including phenoxy) is 4. The molecule has 8 fully saturated rings. The van der Waals surface area contributed by atoms with E-state index in [1.54, 1.807) is 27.2 Å². The highest BCUT2D eigenvalue weighted by Gasteiger charge is 2.57. The number of fused-ring (bicyclic) bond motifs is 2. The number of hydrogen-bond acceptors (Lipinski definition) is 9. The van der Waals surface area contributed by atoms with Crippen LogP contribution < -0.4 is 0 Å². The predicted molar refractivity (Wildman–Crippen MR) is 238 cm³/mol. The Morgan fingerprint density at radius 1 is 0.632 bits per heavy atom. The molecule has 9 nitrogen and oxygen atoms in total. The van der Waals surface area contributed by atoms with Gasteiger partial charge in [-0.15, -0.1) is 0 Å². The summed E-state index contributed by atoms with van der Waals surface area (Å²) >= 11 is 0. The summed E-state index contributed by atoms with van der Waals surface area (Å²) in [7, 11) is 0. The van der Waals surface area contributed by atoms with Gasteiger partial charge in [0.25, 0.3) is 0 Å². The third kappa shape index (κ3) is 15.0. The van der Waals surface area contributed by atoms with E-state index in [9.17, 15) is 24.0 Å². The van der Waals surface area contributed by atoms with Crippen molar-refractivity contribution in [3.63, 3.8) is 0 Å². The van der Waals surface area contributed by atoms with Crippen LogP contribution in [0.4, 0.5) is 0 Å². The Labute approximate surface area is 353 Å². The molecule has 0 radical (unpaired) electrons. The second-order valence-corrected chi connectivity index (χ2v) is 16.8. The Hall–Kier alpha value is -2.45. The van der Waals surface area contributed by atoms with E-state index >= 15 is 0 Å². The first-order valence-electron chi connectivity index (χ1n) is 19.4. The number of rotatable bonds is 6. The highest BCUT2D eigenvalue weighted by Crippen LogP contribution is 2.59. The fraction of sp³-hybridized carbons (Fsp3) is 0.896. The predicted octanol–water partition coefficient (Wildman–Crippen LogP) is 12.8. The summed E-state index contributed by atoms with van der Waals surface area (Å²) in [6, 6.07) is 0. The van der Waals surface area contributed by atoms with Crippen molar-refractivity contribution in [2.24, 2.45) is 71.0 Å². The van der Waals surface area contributed by atoms with Gasteiger partial charge in [0.2, 0.25) is 6.10 Å². The van der Waals surface area contributed by atoms with Crippen molar-refractivity contribution in [2.75, 3.05) is 6.61 Å². The number of cyclic esters (lactones) is 3. The van der Waals surface area contributed by atoms with E-state index in [1.807, 2.05) is 13.8 Å². The SMILES string of the molecule is C.C.C.C.C.C.C.C.CC1C(=O)OC(=O)C1C.CC1C2CCC(C2)C1C.CCC(C)C(=O)OC1(C)C2CC3CC(C2)CC1C3.CCC(C)C(=O)OC1CCOC1=O. The van der Waals surface area contributed by atoms with Crippen LogP contribution in [-0.4, -0.2) is 48.2 Å². The van der Waals surface area contributed by atoms with Gasteiger partial charge in [0.05, 0.1) is 30.3 Å². The van der Waals surface area contributed by atoms with Gasteiger partial charge in [0, 0.05) is 6.42 Å². The van der Waals surface area contributed by atoms with Gasteiger partial charge < -0.3 is 18.9 Å². The molecule has 0 aromatic rings. The summed E-state index contributed by atoms with van der Waals surface area (Å²) in [5, 5.41) is 0. The Morgan fingerprint density at radius 2 is 1.04 bits per heavy atom. The van der Waals surface area contributed by atoms with Crippen LogP contribution in [0.5, 0.6) is 0 Å². The molecule has 9 atom stereocenters. The summed E-state index contributed by atoms with van der Waals surface area (Å²) in [5.74, 6) is 5.38. The molecule has 6 aliphatic carbocycles. The normalized spacial score (nSPS) is 34.8. The lowest BCUT2D eigenvalue weighted by atomic mass is 9.50. The van der Waals surface area contributed by atoms with Gasteiger partial charge in [-0.05, 0) is 118 Å². The van der Waals surface area contributed by atoms with E-state index in [0.717, 1.165) is 48.3 Å². The van der Waals surface area contributed by atoms with Crippen LogP contribution in [0.1, 0.15) is 192 Å². The third-order valence-electron chi connectivity index (χ3n) is 13.8. The van der Waals surface area contributed by atoms with Crippen molar-refractivity contribution in [1.29, 1.82) is 0 Å². The van der Waals surface area contributed by atoms with Gasteiger partial charge in [-0.25, -0.2) is 4.79 Å². The summed E-state index contributed by atoms with van der Waals surface area (Å²) in [4.78, 5) is 55.4. The highest BCUT2D eigenvalue weighted by atomic mass is 16.6. The van der Waals surface area contributed by atoms with Crippen molar-refractivity contribution in [2.45, 2.75) is 204 Å². The van der Waals surface area contributed by atoms with Gasteiger partial charge in [-0.2, -0.15) is 0 Å². The van der Waals surface area contributed by atoms with Crippen LogP contribution in [0.2, 0.25) is 0 Å². The molecule has 57 heavy (non-hydrogen) atoms. The van der Waals surface area contributed by atoms with E-state index in [4.69, 9.17) is 9.47 Å². The van der Waals surface area contributed by atoms with E-state index < -0.39 is 24.0 Å². The van der Waals surface area contributed by atoms with E-state index in [2.05, 4.69) is 37.2 Å². The summed E-state index contributed by atoms with van der Waals surface area (Å²) in [5.41, 5.74) is -0.145. The average molecular weight is 817 g/mol. The molecule has 0 aromatic carbocycles. The number of carbonyl (C=O) groups excluding carboxylic acids is 5. The van der Waals surface area contributed by atoms with Gasteiger partial charge in [0.15, 0.2) is 0 Å². The van der Waals surface area contributed by atoms with Gasteiger partial charge in [0.1, 0.15) is 5.60 Å². The molecule has 9 heteroatoms. The fourth-order valence-corrected chi connectivity index (χ4v) is 9.34. The first kappa shape index (κ1) is 63.7. The largest absolute Gasteiger partial charge is 0.463 e. The smallest absolute Gasteiger partial charge is 0.347 e. The zero-order valence-corrected chi connectivity index (χ0v) is 31.7. The van der Waals surface area contributed by atoms with Crippen LogP contribution in [0.15, 0.2) is 0 Å². The molecule has 0 spiro atoms. The summed E-state index contributed by atoms with van der Waals surface area (Å²) < 4.78 is 20.0. The topological polar surface area (TPSA) is 122 Å². The Bertz CT molecular complexity index is 1130. The zero-order chi connectivity index (χ0) is 36.2. The van der Waals surface area contributed by atoms with Gasteiger partial charge in [-0.1, -0.05) is 115 Å². The molecular formula is C48H96O9. The van der Waals surface area contributed by atoms with Crippen LogP contribution in [0.25, 0.3) is 0 Å². The summed E-state index contributed by atoms with van der Waals surface area (Å²) in [6.07, 6.45) is 12.7. The Kier molecular flexibility index (Phi) is 30.6. The lowest BCUT2D eigenvalue weighted by Crippen LogP contribution is -2.58. The van der Waals surface area contributed by atoms with Gasteiger partial charge in [-0.3, -0.25) is 19.2 Å². The second kappa shape index (κ2) is 27.3. The molecule has 2 heterocycles. The highest BCUT2D eigenvalue weighted by molar-refractivity contribution is 5.95. The van der Waals surface area contributed by atoms with Crippen molar-refractivity contribution >= 4 is 29.8 Å². The van der Waals surface area contributed by atoms with E-state index in [0.29, 0.717) is 24.9 Å². The zero-order valence-electron chi connectivity index (χ0n) is 31.7. The standard InChI is InChI=1S/C16H26O2.C9H14O4.C9H16.C6H8O3.8CH4/c1-4-10(2)15(17)18-16(3)13-6-11-5-12(8-13)9-14(16)7-11;1-3-6(2)8(10)13-7-4-5-12-9(7)11;1-6-7(2)9-4-3-8(6)5-9;1-3-4(2)6(8)9-5(3)7;;;;;;;;/h10-14H,4-9H2,1-3H3;6-7H,3-5H2,1-2H3;6-9H,3-5H2,1-2H3;3-4H,1-2H3;8*1H4. The molecule has 2 saturated heterocycles. The van der Waals surface area contributed by atoms with Crippen LogP contribution >= 0.6 is 0 Å². The molecule has 0 aromatic heterocycles. The molecule has 9 unspecified atom stereocenters. The van der Waals surface area contributed by atoms with Crippen LogP contribution in [0, 0.1) is 71.0 Å². The van der Waals surface area contributed by atoms with Crippen molar-refractivity contribution in [1.82, 2.24) is 0 Å². The maximum Gasteiger partial charge on any atom is 0.347 e. The summed E-state index contributed by atoms with van der Waals surface area (Å²) in [6.45, 7) is 18.6. The minimum atomic E-state index is -0.665. The number of hydrogen-bond donors (Lipinski definition) is 0. The van der Waals surface area contributed by atoms with Crippen molar-refractivity contribution in [3.8, 4) is 0 Å².